The van der Waals surface area contributed by atoms with Crippen LogP contribution in [0.25, 0.3) is 23.0 Å². The second-order valence-corrected chi connectivity index (χ2v) is 9.83. The van der Waals surface area contributed by atoms with Crippen LogP contribution in [0.5, 0.6) is 5.75 Å². The Bertz CT molecular complexity index is 1430. The summed E-state index contributed by atoms with van der Waals surface area (Å²) in [5.74, 6) is 0.729. The largest absolute Gasteiger partial charge is 0.496 e. The summed E-state index contributed by atoms with van der Waals surface area (Å²) in [7, 11) is 1.66. The summed E-state index contributed by atoms with van der Waals surface area (Å²) >= 11 is 6.88. The molecule has 0 atom stereocenters. The van der Waals surface area contributed by atoms with Crippen molar-refractivity contribution in [1.82, 2.24) is 14.7 Å². The zero-order valence-corrected chi connectivity index (χ0v) is 21.0. The third kappa shape index (κ3) is 4.78. The predicted molar refractivity (Wildman–Crippen MR) is 145 cm³/mol. The van der Waals surface area contributed by atoms with E-state index in [1.165, 1.54) is 11.8 Å². The molecule has 1 aliphatic heterocycles. The summed E-state index contributed by atoms with van der Waals surface area (Å²) in [4.78, 5) is 15.5. The van der Waals surface area contributed by atoms with E-state index in [2.05, 4.69) is 6.07 Å². The van der Waals surface area contributed by atoms with Crippen molar-refractivity contribution < 1.29 is 9.53 Å². The first-order valence-electron chi connectivity index (χ1n) is 11.1. The maximum atomic E-state index is 13.3. The smallest absolute Gasteiger partial charge is 0.266 e. The number of para-hydroxylation sites is 1. The van der Waals surface area contributed by atoms with Gasteiger partial charge in [-0.2, -0.15) is 5.10 Å². The van der Waals surface area contributed by atoms with Crippen molar-refractivity contribution >= 4 is 40.3 Å². The fourth-order valence-corrected chi connectivity index (χ4v) is 5.25. The van der Waals surface area contributed by atoms with E-state index in [-0.39, 0.29) is 5.91 Å². The van der Waals surface area contributed by atoms with E-state index in [4.69, 9.17) is 22.1 Å². The maximum absolute atomic E-state index is 13.3. The number of nitrogens with zero attached hydrogens (tertiary/aromatic N) is 3. The van der Waals surface area contributed by atoms with Gasteiger partial charge in [-0.25, -0.2) is 4.68 Å². The van der Waals surface area contributed by atoms with Gasteiger partial charge in [0.1, 0.15) is 15.8 Å². The quantitative estimate of drug-likeness (QED) is 0.233. The Hall–Kier alpha value is -3.68. The molecule has 5 rings (SSSR count). The average Bonchev–Trinajstić information content (AvgIpc) is 3.42. The lowest BCUT2D eigenvalue weighted by Crippen LogP contribution is -2.27. The summed E-state index contributed by atoms with van der Waals surface area (Å²) in [6, 6.07) is 25.8. The van der Waals surface area contributed by atoms with E-state index < -0.39 is 0 Å². The Morgan fingerprint density at radius 3 is 2.43 bits per heavy atom. The van der Waals surface area contributed by atoms with Crippen molar-refractivity contribution in [3.8, 4) is 22.7 Å². The maximum Gasteiger partial charge on any atom is 0.266 e. The molecule has 0 spiro atoms. The van der Waals surface area contributed by atoms with Crippen molar-refractivity contribution in [2.45, 2.75) is 13.5 Å². The predicted octanol–water partition coefficient (Wildman–Crippen LogP) is 6.26. The van der Waals surface area contributed by atoms with Crippen LogP contribution in [0.15, 0.2) is 90.0 Å². The molecule has 3 aromatic carbocycles. The monoisotopic (exact) mass is 497 g/mol. The number of rotatable bonds is 6. The molecule has 35 heavy (non-hydrogen) atoms. The van der Waals surface area contributed by atoms with Crippen LogP contribution in [0.4, 0.5) is 0 Å². The highest BCUT2D eigenvalue weighted by atomic mass is 32.2. The summed E-state index contributed by atoms with van der Waals surface area (Å²) < 4.78 is 7.83. The molecule has 1 aromatic heterocycles. The molecule has 174 valence electrons. The number of methoxy groups -OCH3 is 1. The van der Waals surface area contributed by atoms with E-state index in [1.54, 1.807) is 12.0 Å². The van der Waals surface area contributed by atoms with Crippen LogP contribution in [-0.4, -0.2) is 32.0 Å². The van der Waals surface area contributed by atoms with Crippen LogP contribution < -0.4 is 4.74 Å². The second kappa shape index (κ2) is 9.90. The molecule has 2 heterocycles. The zero-order chi connectivity index (χ0) is 24.4. The highest BCUT2D eigenvalue weighted by molar-refractivity contribution is 8.26. The molecule has 0 N–H and O–H groups in total. The molecule has 1 saturated heterocycles. The SMILES string of the molecule is COc1ccc(-c2nn(-c3ccccc3)cc2/C=C2/SC(=S)N(Cc3ccccc3)C2=O)cc1C. The number of hydrogen-bond donors (Lipinski definition) is 0. The molecule has 1 fully saturated rings. The first kappa shape index (κ1) is 23.1. The number of aromatic nitrogens is 2. The van der Waals surface area contributed by atoms with Crippen molar-refractivity contribution in [2.75, 3.05) is 7.11 Å². The van der Waals surface area contributed by atoms with Gasteiger partial charge in [-0.3, -0.25) is 9.69 Å². The third-order valence-electron chi connectivity index (χ3n) is 5.78. The van der Waals surface area contributed by atoms with Crippen molar-refractivity contribution in [2.24, 2.45) is 0 Å². The first-order chi connectivity index (χ1) is 17.0. The zero-order valence-electron chi connectivity index (χ0n) is 19.3. The Balaban J connectivity index is 1.54. The van der Waals surface area contributed by atoms with Gasteiger partial charge < -0.3 is 4.74 Å². The number of thiocarbonyl (C=S) groups is 1. The topological polar surface area (TPSA) is 47.4 Å². The van der Waals surface area contributed by atoms with Crippen molar-refractivity contribution in [1.29, 1.82) is 0 Å². The van der Waals surface area contributed by atoms with Crippen LogP contribution in [0.3, 0.4) is 0 Å². The summed E-state index contributed by atoms with van der Waals surface area (Å²) in [5.41, 5.74) is 5.57. The third-order valence-corrected chi connectivity index (χ3v) is 7.15. The number of ether oxygens (including phenoxy) is 1. The molecule has 7 heteroatoms. The van der Waals surface area contributed by atoms with E-state index in [0.717, 1.165) is 39.4 Å². The molecular formula is C28H23N3O2S2. The summed E-state index contributed by atoms with van der Waals surface area (Å²) in [6.07, 6.45) is 3.85. The summed E-state index contributed by atoms with van der Waals surface area (Å²) in [5, 5.41) is 4.88. The van der Waals surface area contributed by atoms with Gasteiger partial charge in [0.25, 0.3) is 5.91 Å². The number of carbonyl (C=O) groups excluding carboxylic acids is 1. The lowest BCUT2D eigenvalue weighted by molar-refractivity contribution is -0.122. The van der Waals surface area contributed by atoms with Crippen LogP contribution in [0.1, 0.15) is 16.7 Å². The van der Waals surface area contributed by atoms with E-state index in [0.29, 0.717) is 15.8 Å². The molecule has 0 radical (unpaired) electrons. The summed E-state index contributed by atoms with van der Waals surface area (Å²) in [6.45, 7) is 2.46. The van der Waals surface area contributed by atoms with E-state index in [9.17, 15) is 4.79 Å². The fourth-order valence-electron chi connectivity index (χ4n) is 4.00. The fraction of sp³-hybridized carbons (Fsp3) is 0.107. The number of hydrogen-bond acceptors (Lipinski definition) is 5. The van der Waals surface area contributed by atoms with Crippen LogP contribution >= 0.6 is 24.0 Å². The molecule has 5 nitrogen and oxygen atoms in total. The standard InChI is InChI=1S/C28H23N3O2S2/c1-19-15-21(13-14-24(19)33-2)26-22(18-31(29-26)23-11-7-4-8-12-23)16-25-27(32)30(28(34)35-25)17-20-9-5-3-6-10-20/h3-16,18H,17H2,1-2H3/b25-16+. The number of amides is 1. The molecule has 0 unspecified atom stereocenters. The molecular weight excluding hydrogens is 474 g/mol. The minimum Gasteiger partial charge on any atom is -0.496 e. The van der Waals surface area contributed by atoms with Crippen LogP contribution in [0.2, 0.25) is 0 Å². The van der Waals surface area contributed by atoms with Crippen molar-refractivity contribution in [3.63, 3.8) is 0 Å². The molecule has 0 saturated carbocycles. The van der Waals surface area contributed by atoms with Gasteiger partial charge in [-0.05, 0) is 54.5 Å². The molecule has 1 aliphatic rings. The van der Waals surface area contributed by atoms with Gasteiger partial charge in [-0.1, -0.05) is 72.5 Å². The average molecular weight is 498 g/mol. The molecule has 0 aliphatic carbocycles. The first-order valence-corrected chi connectivity index (χ1v) is 12.4. The molecule has 1 amide bonds. The number of benzene rings is 3. The van der Waals surface area contributed by atoms with Crippen LogP contribution in [-0.2, 0) is 11.3 Å². The minimum atomic E-state index is -0.0897. The van der Waals surface area contributed by atoms with Gasteiger partial charge in [-0.15, -0.1) is 0 Å². The van der Waals surface area contributed by atoms with Crippen molar-refractivity contribution in [3.05, 3.63) is 107 Å². The van der Waals surface area contributed by atoms with Gasteiger partial charge in [0, 0.05) is 17.3 Å². The Labute approximate surface area is 214 Å². The Kier molecular flexibility index (Phi) is 6.53. The highest BCUT2D eigenvalue weighted by Gasteiger charge is 2.32. The lowest BCUT2D eigenvalue weighted by Gasteiger charge is -2.14. The second-order valence-electron chi connectivity index (χ2n) is 8.15. The Morgan fingerprint density at radius 1 is 1.03 bits per heavy atom. The Morgan fingerprint density at radius 2 is 1.74 bits per heavy atom. The number of thioether (sulfide) groups is 1. The minimum absolute atomic E-state index is 0.0897. The van der Waals surface area contributed by atoms with Gasteiger partial charge in [0.05, 0.1) is 24.2 Å². The van der Waals surface area contributed by atoms with E-state index in [1.807, 2.05) is 96.7 Å². The highest BCUT2D eigenvalue weighted by Crippen LogP contribution is 2.36. The number of aryl methyl sites for hydroxylation is 1. The van der Waals surface area contributed by atoms with Crippen LogP contribution in [0, 0.1) is 6.92 Å². The van der Waals surface area contributed by atoms with Gasteiger partial charge >= 0.3 is 0 Å². The normalized spacial score (nSPS) is 14.7. The lowest BCUT2D eigenvalue weighted by atomic mass is 10.0. The number of carbonyl (C=O) groups is 1. The van der Waals surface area contributed by atoms with Gasteiger partial charge in [0.15, 0.2) is 0 Å². The van der Waals surface area contributed by atoms with Gasteiger partial charge in [0.2, 0.25) is 0 Å². The molecule has 4 aromatic rings. The molecule has 0 bridgehead atoms. The van der Waals surface area contributed by atoms with E-state index >= 15 is 0 Å².